The highest BCUT2D eigenvalue weighted by Gasteiger charge is 2.29. The van der Waals surface area contributed by atoms with Crippen LogP contribution in [-0.4, -0.2) is 25.8 Å². The highest BCUT2D eigenvalue weighted by molar-refractivity contribution is 4.83. The number of nitrogens with one attached hydrogen (secondary N) is 1. The monoisotopic (exact) mass is 127 g/mol. The van der Waals surface area contributed by atoms with Crippen molar-refractivity contribution in [1.29, 1.82) is 0 Å². The third kappa shape index (κ3) is 0.970. The summed E-state index contributed by atoms with van der Waals surface area (Å²) in [5.41, 5.74) is 0. The van der Waals surface area contributed by atoms with Gasteiger partial charge in [0.05, 0.1) is 6.10 Å². The zero-order chi connectivity index (χ0) is 6.10. The van der Waals surface area contributed by atoms with E-state index >= 15 is 0 Å². The minimum Gasteiger partial charge on any atom is -0.377 e. The first-order valence-electron chi connectivity index (χ1n) is 3.79. The van der Waals surface area contributed by atoms with Crippen LogP contribution in [0.15, 0.2) is 0 Å². The number of fused-ring (bicyclic) bond motifs is 1. The summed E-state index contributed by atoms with van der Waals surface area (Å²) in [6.45, 7) is 3.26. The molecule has 2 heteroatoms. The molecule has 0 aromatic heterocycles. The van der Waals surface area contributed by atoms with E-state index in [0.717, 1.165) is 19.1 Å². The fraction of sp³-hybridized carbons (Fsp3) is 1.00. The van der Waals surface area contributed by atoms with Gasteiger partial charge in [0, 0.05) is 19.7 Å². The van der Waals surface area contributed by atoms with E-state index < -0.39 is 0 Å². The number of rotatable bonds is 0. The van der Waals surface area contributed by atoms with Gasteiger partial charge >= 0.3 is 0 Å². The number of ether oxygens (including phenoxy) is 1. The van der Waals surface area contributed by atoms with Crippen molar-refractivity contribution >= 4 is 0 Å². The summed E-state index contributed by atoms with van der Waals surface area (Å²) in [6.07, 6.45) is 3.19. The predicted molar refractivity (Wildman–Crippen MR) is 35.3 cm³/mol. The molecule has 2 nitrogen and oxygen atoms in total. The van der Waals surface area contributed by atoms with Crippen molar-refractivity contribution in [1.82, 2.24) is 5.32 Å². The molecule has 0 aliphatic carbocycles. The molecule has 2 atom stereocenters. The van der Waals surface area contributed by atoms with Crippen molar-refractivity contribution in [2.45, 2.75) is 18.9 Å². The van der Waals surface area contributed by atoms with Gasteiger partial charge in [-0.3, -0.25) is 0 Å². The van der Waals surface area contributed by atoms with Gasteiger partial charge in [0.25, 0.3) is 0 Å². The van der Waals surface area contributed by atoms with Crippen LogP contribution in [0.1, 0.15) is 12.8 Å². The largest absolute Gasteiger partial charge is 0.377 e. The molecule has 2 rings (SSSR count). The van der Waals surface area contributed by atoms with Crippen LogP contribution in [0, 0.1) is 5.92 Å². The van der Waals surface area contributed by atoms with Gasteiger partial charge in [0.15, 0.2) is 0 Å². The second-order valence-corrected chi connectivity index (χ2v) is 2.97. The minimum atomic E-state index is 0.554. The summed E-state index contributed by atoms with van der Waals surface area (Å²) in [4.78, 5) is 0. The molecule has 0 bridgehead atoms. The van der Waals surface area contributed by atoms with Gasteiger partial charge < -0.3 is 10.1 Å². The second-order valence-electron chi connectivity index (χ2n) is 2.97. The molecule has 0 aromatic carbocycles. The van der Waals surface area contributed by atoms with E-state index in [1.807, 2.05) is 0 Å². The Kier molecular flexibility index (Phi) is 1.44. The van der Waals surface area contributed by atoms with Crippen LogP contribution in [0.3, 0.4) is 0 Å². The summed E-state index contributed by atoms with van der Waals surface area (Å²) < 4.78 is 5.54. The van der Waals surface area contributed by atoms with Gasteiger partial charge in [0.1, 0.15) is 0 Å². The second kappa shape index (κ2) is 2.27. The summed E-state index contributed by atoms with van der Waals surface area (Å²) in [5, 5.41) is 3.34. The van der Waals surface area contributed by atoms with Gasteiger partial charge in [-0.15, -0.1) is 0 Å². The van der Waals surface area contributed by atoms with Crippen molar-refractivity contribution < 1.29 is 4.74 Å². The fourth-order valence-corrected chi connectivity index (χ4v) is 1.77. The zero-order valence-corrected chi connectivity index (χ0v) is 5.60. The average Bonchev–Trinajstić information content (AvgIpc) is 2.33. The van der Waals surface area contributed by atoms with Crippen LogP contribution >= 0.6 is 0 Å². The van der Waals surface area contributed by atoms with Gasteiger partial charge in [-0.1, -0.05) is 0 Å². The van der Waals surface area contributed by atoms with Crippen LogP contribution in [0.4, 0.5) is 0 Å². The van der Waals surface area contributed by atoms with Crippen molar-refractivity contribution in [2.75, 3.05) is 19.7 Å². The van der Waals surface area contributed by atoms with E-state index in [-0.39, 0.29) is 0 Å². The van der Waals surface area contributed by atoms with Crippen LogP contribution in [0.5, 0.6) is 0 Å². The SMILES string of the molecule is C1COC2CNCC2C1. The molecule has 1 N–H and O–H groups in total. The smallest absolute Gasteiger partial charge is 0.0739 e. The topological polar surface area (TPSA) is 21.3 Å². The Hall–Kier alpha value is -0.0800. The molecule has 0 amide bonds. The van der Waals surface area contributed by atoms with Gasteiger partial charge in [-0.05, 0) is 18.8 Å². The Balaban J connectivity index is 1.97. The van der Waals surface area contributed by atoms with Crippen molar-refractivity contribution in [3.63, 3.8) is 0 Å². The Bertz CT molecular complexity index is 93.1. The highest BCUT2D eigenvalue weighted by Crippen LogP contribution is 2.22. The third-order valence-electron chi connectivity index (χ3n) is 2.33. The van der Waals surface area contributed by atoms with E-state index in [0.29, 0.717) is 6.10 Å². The maximum atomic E-state index is 5.54. The maximum absolute atomic E-state index is 5.54. The quantitative estimate of drug-likeness (QED) is 0.508. The molecular weight excluding hydrogens is 114 g/mol. The van der Waals surface area contributed by atoms with E-state index in [9.17, 15) is 0 Å². The Morgan fingerprint density at radius 1 is 1.33 bits per heavy atom. The van der Waals surface area contributed by atoms with Crippen molar-refractivity contribution in [3.05, 3.63) is 0 Å². The number of hydrogen-bond acceptors (Lipinski definition) is 2. The van der Waals surface area contributed by atoms with Crippen molar-refractivity contribution in [3.8, 4) is 0 Å². The lowest BCUT2D eigenvalue weighted by atomic mass is 9.98. The van der Waals surface area contributed by atoms with Crippen LogP contribution < -0.4 is 5.32 Å². The van der Waals surface area contributed by atoms with Crippen LogP contribution in [0.2, 0.25) is 0 Å². The molecule has 2 unspecified atom stereocenters. The molecule has 2 aliphatic rings. The standard InChI is InChI=1S/C7H13NO/c1-2-6-4-8-5-7(6)9-3-1/h6-8H,1-5H2. The Morgan fingerprint density at radius 2 is 2.33 bits per heavy atom. The highest BCUT2D eigenvalue weighted by atomic mass is 16.5. The molecule has 52 valence electrons. The summed E-state index contributed by atoms with van der Waals surface area (Å²) >= 11 is 0. The first-order valence-corrected chi connectivity index (χ1v) is 3.79. The number of hydrogen-bond donors (Lipinski definition) is 1. The van der Waals surface area contributed by atoms with E-state index in [1.165, 1.54) is 19.4 Å². The Morgan fingerprint density at radius 3 is 3.22 bits per heavy atom. The van der Waals surface area contributed by atoms with Crippen LogP contribution in [0.25, 0.3) is 0 Å². The summed E-state index contributed by atoms with van der Waals surface area (Å²) in [7, 11) is 0. The molecule has 2 saturated heterocycles. The van der Waals surface area contributed by atoms with E-state index in [2.05, 4.69) is 5.32 Å². The third-order valence-corrected chi connectivity index (χ3v) is 2.33. The lowest BCUT2D eigenvalue weighted by molar-refractivity contribution is 0.000755. The normalized spacial score (nSPS) is 42.7. The lowest BCUT2D eigenvalue weighted by Gasteiger charge is -2.24. The fourth-order valence-electron chi connectivity index (χ4n) is 1.77. The Labute approximate surface area is 55.6 Å². The first kappa shape index (κ1) is 5.69. The molecule has 0 spiro atoms. The maximum Gasteiger partial charge on any atom is 0.0739 e. The predicted octanol–water partition coefficient (Wildman–Crippen LogP) is 0.385. The van der Waals surface area contributed by atoms with Gasteiger partial charge in [0.2, 0.25) is 0 Å². The van der Waals surface area contributed by atoms with Crippen molar-refractivity contribution in [2.24, 2.45) is 5.92 Å². The molecule has 2 fully saturated rings. The van der Waals surface area contributed by atoms with E-state index in [4.69, 9.17) is 4.74 Å². The van der Waals surface area contributed by atoms with Gasteiger partial charge in [-0.25, -0.2) is 0 Å². The van der Waals surface area contributed by atoms with E-state index in [1.54, 1.807) is 0 Å². The zero-order valence-electron chi connectivity index (χ0n) is 5.60. The van der Waals surface area contributed by atoms with Gasteiger partial charge in [-0.2, -0.15) is 0 Å². The molecule has 0 aromatic rings. The minimum absolute atomic E-state index is 0.554. The molecule has 2 heterocycles. The molecule has 2 aliphatic heterocycles. The lowest BCUT2D eigenvalue weighted by Crippen LogP contribution is -2.27. The summed E-state index contributed by atoms with van der Waals surface area (Å²) in [6, 6.07) is 0. The first-order chi connectivity index (χ1) is 4.47. The molecule has 0 radical (unpaired) electrons. The average molecular weight is 127 g/mol. The molecule has 9 heavy (non-hydrogen) atoms. The molecule has 0 saturated carbocycles. The summed E-state index contributed by atoms with van der Waals surface area (Å²) in [5.74, 6) is 0.832. The molecular formula is C7H13NO. The van der Waals surface area contributed by atoms with Crippen LogP contribution in [-0.2, 0) is 4.74 Å².